The van der Waals surface area contributed by atoms with Crippen molar-refractivity contribution in [3.8, 4) is 5.75 Å². The largest absolute Gasteiger partial charge is 0.496 e. The summed E-state index contributed by atoms with van der Waals surface area (Å²) in [6.07, 6.45) is 4.86. The van der Waals surface area contributed by atoms with Crippen LogP contribution in [0.4, 0.5) is 0 Å². The van der Waals surface area contributed by atoms with E-state index in [4.69, 9.17) is 4.74 Å². The Morgan fingerprint density at radius 1 is 0.972 bits per heavy atom. The van der Waals surface area contributed by atoms with Crippen molar-refractivity contribution in [2.75, 3.05) is 26.7 Å². The number of hydrogen-bond donors (Lipinski definition) is 1. The van der Waals surface area contributed by atoms with Crippen LogP contribution >= 0.6 is 0 Å². The van der Waals surface area contributed by atoms with Crippen molar-refractivity contribution in [1.82, 2.24) is 14.5 Å². The minimum atomic E-state index is -3.56. The zero-order valence-corrected chi connectivity index (χ0v) is 21.7. The van der Waals surface area contributed by atoms with Gasteiger partial charge in [0.2, 0.25) is 21.8 Å². The van der Waals surface area contributed by atoms with E-state index in [2.05, 4.69) is 5.32 Å². The molecule has 0 unspecified atom stereocenters. The first-order chi connectivity index (χ1) is 17.4. The maximum absolute atomic E-state index is 13.1. The molecule has 9 heteroatoms. The van der Waals surface area contributed by atoms with E-state index in [1.165, 1.54) is 0 Å². The van der Waals surface area contributed by atoms with Crippen LogP contribution in [0.3, 0.4) is 0 Å². The molecule has 2 aliphatic rings. The number of likely N-dealkylation sites (tertiary alicyclic amines) is 1. The number of ether oxygens (including phenoxy) is 1. The van der Waals surface area contributed by atoms with E-state index in [1.807, 2.05) is 29.2 Å². The van der Waals surface area contributed by atoms with Crippen molar-refractivity contribution in [3.63, 3.8) is 0 Å². The molecule has 1 N–H and O–H groups in total. The summed E-state index contributed by atoms with van der Waals surface area (Å²) in [5.74, 6) is 0.613. The molecular formula is C27H35N3O5S. The van der Waals surface area contributed by atoms with Crippen LogP contribution in [0.2, 0.25) is 0 Å². The molecule has 2 heterocycles. The molecule has 2 aliphatic heterocycles. The molecule has 2 fully saturated rings. The van der Waals surface area contributed by atoms with Gasteiger partial charge in [0.05, 0.1) is 12.0 Å². The van der Waals surface area contributed by atoms with Crippen molar-refractivity contribution in [3.05, 3.63) is 59.2 Å². The third-order valence-corrected chi connectivity index (χ3v) is 8.85. The summed E-state index contributed by atoms with van der Waals surface area (Å²) in [6, 6.07) is 12.7. The smallest absolute Gasteiger partial charge is 0.243 e. The second kappa shape index (κ2) is 11.9. The molecule has 2 aromatic carbocycles. The first-order valence-corrected chi connectivity index (χ1v) is 14.1. The number of nitrogens with one attached hydrogen (secondary N) is 1. The molecule has 2 amide bonds. The fraction of sp³-hybridized carbons (Fsp3) is 0.481. The number of aryl methyl sites for hydroxylation is 1. The topological polar surface area (TPSA) is 96.0 Å². The number of carbonyl (C=O) groups excluding carboxylic acids is 2. The number of rotatable bonds is 10. The number of benzene rings is 2. The molecule has 0 bridgehead atoms. The molecular weight excluding hydrogens is 478 g/mol. The fourth-order valence-electron chi connectivity index (χ4n) is 4.86. The number of hydrogen-bond acceptors (Lipinski definition) is 5. The first kappa shape index (κ1) is 26.2. The third-order valence-electron chi connectivity index (χ3n) is 6.95. The van der Waals surface area contributed by atoms with Gasteiger partial charge in [0.25, 0.3) is 0 Å². The Labute approximate surface area is 213 Å². The number of piperidine rings is 1. The van der Waals surface area contributed by atoms with Gasteiger partial charge in [-0.3, -0.25) is 9.59 Å². The lowest BCUT2D eigenvalue weighted by Gasteiger charge is -2.26. The van der Waals surface area contributed by atoms with Gasteiger partial charge in [0.15, 0.2) is 0 Å². The van der Waals surface area contributed by atoms with Crippen molar-refractivity contribution < 1.29 is 22.7 Å². The van der Waals surface area contributed by atoms with Gasteiger partial charge in [0, 0.05) is 45.6 Å². The Hall–Kier alpha value is -2.91. The maximum Gasteiger partial charge on any atom is 0.243 e. The minimum absolute atomic E-state index is 0.131. The van der Waals surface area contributed by atoms with Crippen molar-refractivity contribution in [2.24, 2.45) is 0 Å². The van der Waals surface area contributed by atoms with E-state index in [9.17, 15) is 18.0 Å². The molecule has 0 radical (unpaired) electrons. The van der Waals surface area contributed by atoms with Crippen molar-refractivity contribution >= 4 is 21.8 Å². The monoisotopic (exact) mass is 513 g/mol. The van der Waals surface area contributed by atoms with E-state index in [1.54, 1.807) is 29.6 Å². The highest BCUT2D eigenvalue weighted by molar-refractivity contribution is 7.89. The molecule has 0 spiro atoms. The molecule has 2 aromatic rings. The molecule has 0 aromatic heterocycles. The number of nitrogens with zero attached hydrogens (tertiary/aromatic N) is 2. The van der Waals surface area contributed by atoms with Gasteiger partial charge in [-0.05, 0) is 60.6 Å². The Kier molecular flexibility index (Phi) is 8.64. The molecule has 8 nitrogen and oxygen atoms in total. The predicted octanol–water partition coefficient (Wildman–Crippen LogP) is 3.24. The maximum atomic E-state index is 13.1. The summed E-state index contributed by atoms with van der Waals surface area (Å²) in [5.41, 5.74) is 2.71. The van der Waals surface area contributed by atoms with Crippen molar-refractivity contribution in [1.29, 1.82) is 0 Å². The van der Waals surface area contributed by atoms with E-state index in [0.717, 1.165) is 43.4 Å². The lowest BCUT2D eigenvalue weighted by atomic mass is 10.1. The van der Waals surface area contributed by atoms with Gasteiger partial charge in [-0.15, -0.1) is 0 Å². The average molecular weight is 514 g/mol. The second-order valence-electron chi connectivity index (χ2n) is 9.40. The molecule has 0 saturated carbocycles. The molecule has 194 valence electrons. The number of sulfonamides is 1. The Bertz CT molecular complexity index is 1190. The highest BCUT2D eigenvalue weighted by Crippen LogP contribution is 2.27. The summed E-state index contributed by atoms with van der Waals surface area (Å²) >= 11 is 0. The summed E-state index contributed by atoms with van der Waals surface area (Å²) < 4.78 is 33.2. The second-order valence-corrected chi connectivity index (χ2v) is 11.3. The number of methoxy groups -OCH3 is 1. The summed E-state index contributed by atoms with van der Waals surface area (Å²) in [5, 5.41) is 2.97. The third kappa shape index (κ3) is 6.25. The van der Waals surface area contributed by atoms with Gasteiger partial charge in [-0.25, -0.2) is 8.42 Å². The molecule has 4 rings (SSSR count). The van der Waals surface area contributed by atoms with Gasteiger partial charge in [0.1, 0.15) is 5.75 Å². The number of amides is 2. The summed E-state index contributed by atoms with van der Waals surface area (Å²) in [6.45, 7) is 2.78. The zero-order valence-electron chi connectivity index (χ0n) is 20.9. The van der Waals surface area contributed by atoms with Crippen LogP contribution in [0.15, 0.2) is 47.4 Å². The van der Waals surface area contributed by atoms with Crippen LogP contribution in [0.5, 0.6) is 5.75 Å². The van der Waals surface area contributed by atoms with E-state index >= 15 is 0 Å². The van der Waals surface area contributed by atoms with Crippen LogP contribution in [-0.2, 0) is 39.1 Å². The normalized spacial score (nSPS) is 16.8. The van der Waals surface area contributed by atoms with E-state index < -0.39 is 10.0 Å². The Balaban J connectivity index is 1.37. The lowest BCUT2D eigenvalue weighted by Crippen LogP contribution is -2.35. The molecule has 0 atom stereocenters. The van der Waals surface area contributed by atoms with Gasteiger partial charge < -0.3 is 15.0 Å². The van der Waals surface area contributed by atoms with E-state index in [-0.39, 0.29) is 23.1 Å². The standard InChI is InChI=1S/C27H35N3O5S/c1-35-25-13-12-24(36(33,34)30-16-5-2-6-17-30)18-21(25)11-14-26(31)28-19-22-8-3-4-9-23(22)20-29-15-7-10-27(29)32/h3-4,8-9,12-13,18H,2,5-7,10-11,14-17,19-20H2,1H3,(H,28,31). The first-order valence-electron chi connectivity index (χ1n) is 12.7. The van der Waals surface area contributed by atoms with Crippen LogP contribution in [0.1, 0.15) is 55.2 Å². The van der Waals surface area contributed by atoms with Crippen LogP contribution < -0.4 is 10.1 Å². The van der Waals surface area contributed by atoms with E-state index in [0.29, 0.717) is 50.3 Å². The summed E-state index contributed by atoms with van der Waals surface area (Å²) in [7, 11) is -2.02. The molecule has 0 aliphatic carbocycles. The Morgan fingerprint density at radius 2 is 1.72 bits per heavy atom. The highest BCUT2D eigenvalue weighted by atomic mass is 32.2. The minimum Gasteiger partial charge on any atom is -0.496 e. The Morgan fingerprint density at radius 3 is 2.42 bits per heavy atom. The SMILES string of the molecule is COc1ccc(S(=O)(=O)N2CCCCC2)cc1CCC(=O)NCc1ccccc1CN1CCCC1=O. The van der Waals surface area contributed by atoms with Crippen LogP contribution in [0, 0.1) is 0 Å². The predicted molar refractivity (Wildman–Crippen MR) is 137 cm³/mol. The molecule has 36 heavy (non-hydrogen) atoms. The number of carbonyl (C=O) groups is 2. The summed E-state index contributed by atoms with van der Waals surface area (Å²) in [4.78, 5) is 26.8. The zero-order chi connectivity index (χ0) is 25.5. The lowest BCUT2D eigenvalue weighted by molar-refractivity contribution is -0.128. The molecule has 2 saturated heterocycles. The highest BCUT2D eigenvalue weighted by Gasteiger charge is 2.27. The van der Waals surface area contributed by atoms with Crippen LogP contribution in [-0.4, -0.2) is 56.2 Å². The van der Waals surface area contributed by atoms with Gasteiger partial charge in [-0.1, -0.05) is 30.7 Å². The van der Waals surface area contributed by atoms with Crippen LogP contribution in [0.25, 0.3) is 0 Å². The quantitative estimate of drug-likeness (QED) is 0.526. The fourth-order valence-corrected chi connectivity index (χ4v) is 6.42. The van der Waals surface area contributed by atoms with Gasteiger partial charge >= 0.3 is 0 Å². The van der Waals surface area contributed by atoms with Gasteiger partial charge in [-0.2, -0.15) is 4.31 Å². The average Bonchev–Trinajstić information content (AvgIpc) is 3.31. The van der Waals surface area contributed by atoms with Crippen molar-refractivity contribution in [2.45, 2.75) is 62.9 Å².